The van der Waals surface area contributed by atoms with Gasteiger partial charge in [-0.3, -0.25) is 9.59 Å². The Morgan fingerprint density at radius 3 is 2.31 bits per heavy atom. The summed E-state index contributed by atoms with van der Waals surface area (Å²) in [6, 6.07) is 24.6. The van der Waals surface area contributed by atoms with Gasteiger partial charge in [-0.25, -0.2) is 4.79 Å². The molecule has 4 aromatic carbocycles. The van der Waals surface area contributed by atoms with Crippen LogP contribution in [0.25, 0.3) is 0 Å². The third-order valence-corrected chi connectivity index (χ3v) is 10.5. The second-order valence-corrected chi connectivity index (χ2v) is 15.5. The first-order valence-electron chi connectivity index (χ1n) is 16.8. The first-order chi connectivity index (χ1) is 24.2. The molecule has 0 saturated carbocycles. The molecule has 9 nitrogen and oxygen atoms in total. The molecular weight excluding hydrogens is 689 g/mol. The number of carboxylic acid groups (broad SMARTS) is 2. The Bertz CT molecular complexity index is 1980. The van der Waals surface area contributed by atoms with Gasteiger partial charge in [-0.05, 0) is 76.6 Å². The molecule has 2 heterocycles. The highest BCUT2D eigenvalue weighted by Gasteiger charge is 2.62. The summed E-state index contributed by atoms with van der Waals surface area (Å²) in [4.78, 5) is 39.9. The number of nitrogens with one attached hydrogen (secondary N) is 2. The molecule has 0 unspecified atom stereocenters. The molecule has 4 atom stereocenters. The lowest BCUT2D eigenvalue weighted by Crippen LogP contribution is -2.48. The molecule has 11 heteroatoms. The molecule has 1 saturated heterocycles. The number of aromatic carboxylic acids is 1. The van der Waals surface area contributed by atoms with E-state index >= 15 is 0 Å². The van der Waals surface area contributed by atoms with Gasteiger partial charge in [0.25, 0.3) is 0 Å². The molecule has 4 aromatic rings. The molecule has 266 valence electrons. The van der Waals surface area contributed by atoms with Crippen molar-refractivity contribution in [2.45, 2.75) is 63.6 Å². The van der Waals surface area contributed by atoms with Crippen molar-refractivity contribution in [2.75, 3.05) is 23.9 Å². The summed E-state index contributed by atoms with van der Waals surface area (Å²) < 4.78 is 5.50. The maximum Gasteiger partial charge on any atom is 0.335 e. The molecule has 1 spiro atoms. The third-order valence-electron chi connectivity index (χ3n) is 9.94. The van der Waals surface area contributed by atoms with E-state index in [1.54, 1.807) is 0 Å². The van der Waals surface area contributed by atoms with Crippen LogP contribution in [0, 0.1) is 5.41 Å². The summed E-state index contributed by atoms with van der Waals surface area (Å²) in [6.07, 6.45) is 0.672. The first-order valence-corrected chi connectivity index (χ1v) is 17.5. The zero-order chi connectivity index (χ0) is 36.7. The molecule has 2 aliphatic heterocycles. The number of hydrogen-bond acceptors (Lipinski definition) is 6. The monoisotopic (exact) mass is 729 g/mol. The largest absolute Gasteiger partial charge is 0.495 e. The minimum Gasteiger partial charge on any atom is -0.495 e. The van der Waals surface area contributed by atoms with E-state index in [-0.39, 0.29) is 35.1 Å². The topological polar surface area (TPSA) is 128 Å². The SMILES string of the molecule is COc1cc(C(=O)O)ccc1NC(=O)[C@@H]1N[C@@H](CC(C)(C)C)[C@@]2(CN(Cc3ccc(CC(=O)O)cc3)c3ccc(Cl)cc32)[C@H]1c1ccccc1Cl. The fourth-order valence-corrected chi connectivity index (χ4v) is 8.31. The van der Waals surface area contributed by atoms with Gasteiger partial charge < -0.3 is 30.5 Å². The van der Waals surface area contributed by atoms with Gasteiger partial charge in [0, 0.05) is 46.2 Å². The van der Waals surface area contributed by atoms with E-state index in [1.807, 2.05) is 66.7 Å². The van der Waals surface area contributed by atoms with Crippen LogP contribution in [-0.2, 0) is 28.0 Å². The Hall–Kier alpha value is -4.57. The molecule has 1 amide bonds. The van der Waals surface area contributed by atoms with Gasteiger partial charge in [0.05, 0.1) is 30.8 Å². The van der Waals surface area contributed by atoms with Crippen molar-refractivity contribution in [3.05, 3.63) is 123 Å². The minimum atomic E-state index is -1.10. The van der Waals surface area contributed by atoms with Crippen molar-refractivity contribution < 1.29 is 29.3 Å². The second-order valence-electron chi connectivity index (χ2n) is 14.6. The smallest absolute Gasteiger partial charge is 0.335 e. The highest BCUT2D eigenvalue weighted by atomic mass is 35.5. The van der Waals surface area contributed by atoms with Crippen LogP contribution in [0.5, 0.6) is 5.75 Å². The number of anilines is 2. The van der Waals surface area contributed by atoms with Crippen molar-refractivity contribution in [3.8, 4) is 5.75 Å². The Morgan fingerprint density at radius 1 is 0.961 bits per heavy atom. The van der Waals surface area contributed by atoms with E-state index < -0.39 is 29.3 Å². The van der Waals surface area contributed by atoms with Gasteiger partial charge in [0.2, 0.25) is 5.91 Å². The van der Waals surface area contributed by atoms with Crippen LogP contribution < -0.4 is 20.3 Å². The van der Waals surface area contributed by atoms with Crippen molar-refractivity contribution in [3.63, 3.8) is 0 Å². The van der Waals surface area contributed by atoms with E-state index in [2.05, 4.69) is 36.3 Å². The van der Waals surface area contributed by atoms with Gasteiger partial charge in [-0.15, -0.1) is 0 Å². The second kappa shape index (κ2) is 14.2. The lowest BCUT2D eigenvalue weighted by atomic mass is 9.63. The van der Waals surface area contributed by atoms with Gasteiger partial charge in [0.15, 0.2) is 0 Å². The minimum absolute atomic E-state index is 0.0398. The average Bonchev–Trinajstić information content (AvgIpc) is 3.55. The van der Waals surface area contributed by atoms with Gasteiger partial charge >= 0.3 is 11.9 Å². The quantitative estimate of drug-likeness (QED) is 0.130. The Kier molecular flexibility index (Phi) is 10.1. The number of methoxy groups -OCH3 is 1. The Morgan fingerprint density at radius 2 is 1.67 bits per heavy atom. The van der Waals surface area contributed by atoms with Crippen LogP contribution in [0.4, 0.5) is 11.4 Å². The summed E-state index contributed by atoms with van der Waals surface area (Å²) in [7, 11) is 1.43. The summed E-state index contributed by atoms with van der Waals surface area (Å²) in [6.45, 7) is 7.63. The third kappa shape index (κ3) is 7.29. The highest BCUT2D eigenvalue weighted by molar-refractivity contribution is 6.31. The van der Waals surface area contributed by atoms with E-state index in [0.717, 1.165) is 34.4 Å². The van der Waals surface area contributed by atoms with E-state index in [4.69, 9.17) is 27.9 Å². The van der Waals surface area contributed by atoms with E-state index in [9.17, 15) is 24.6 Å². The number of rotatable bonds is 10. The molecule has 1 fully saturated rings. The Balaban J connectivity index is 1.48. The summed E-state index contributed by atoms with van der Waals surface area (Å²) in [5.41, 5.74) is 4.15. The lowest BCUT2D eigenvalue weighted by molar-refractivity contribution is -0.136. The molecule has 0 radical (unpaired) electrons. The predicted molar refractivity (Wildman–Crippen MR) is 200 cm³/mol. The number of carbonyl (C=O) groups is 3. The van der Waals surface area contributed by atoms with Crippen LogP contribution in [0.3, 0.4) is 0 Å². The summed E-state index contributed by atoms with van der Waals surface area (Å²) >= 11 is 13.8. The Labute approximate surface area is 307 Å². The first kappa shape index (κ1) is 36.2. The van der Waals surface area contributed by atoms with Gasteiger partial charge in [-0.2, -0.15) is 0 Å². The number of carboxylic acids is 2. The standard InChI is InChI=1S/C40H41Cl2N3O6/c1-39(2,3)20-33-40(22-45(31-16-14-26(41)19-28(31)40)21-24-11-9-23(10-12-24)17-34(46)47)35(27-7-5-6-8-29(27)42)36(44-33)37(48)43-30-15-13-25(38(49)50)18-32(30)51-4/h5-16,18-19,33,35-36,44H,17,20-22H2,1-4H3,(H,43,48)(H,46,47)(H,49,50)/t33-,35-,36+,40-/m0/s1. The molecule has 0 bridgehead atoms. The van der Waals surface area contributed by atoms with Crippen molar-refractivity contribution >= 4 is 52.4 Å². The van der Waals surface area contributed by atoms with Gasteiger partial charge in [0.1, 0.15) is 5.75 Å². The number of halogens is 2. The molecule has 2 aliphatic rings. The van der Waals surface area contributed by atoms with E-state index in [1.165, 1.54) is 25.3 Å². The number of nitrogens with zero attached hydrogens (tertiary/aromatic N) is 1. The van der Waals surface area contributed by atoms with E-state index in [0.29, 0.717) is 28.8 Å². The van der Waals surface area contributed by atoms with Crippen LogP contribution in [-0.4, -0.2) is 53.8 Å². The lowest BCUT2D eigenvalue weighted by Gasteiger charge is -2.40. The normalized spacial score (nSPS) is 21.1. The molecule has 4 N–H and O–H groups in total. The predicted octanol–water partition coefficient (Wildman–Crippen LogP) is 7.78. The highest BCUT2D eigenvalue weighted by Crippen LogP contribution is 2.59. The van der Waals surface area contributed by atoms with Gasteiger partial charge in [-0.1, -0.05) is 86.4 Å². The molecule has 0 aliphatic carbocycles. The zero-order valence-corrected chi connectivity index (χ0v) is 30.4. The summed E-state index contributed by atoms with van der Waals surface area (Å²) in [5, 5.41) is 26.7. The molecule has 6 rings (SSSR count). The maximum absolute atomic E-state index is 14.6. The van der Waals surface area contributed by atoms with Crippen LogP contribution >= 0.6 is 23.2 Å². The zero-order valence-electron chi connectivity index (χ0n) is 28.9. The number of amides is 1. The van der Waals surface area contributed by atoms with Crippen molar-refractivity contribution in [1.29, 1.82) is 0 Å². The average molecular weight is 731 g/mol. The number of benzene rings is 4. The number of ether oxygens (including phenoxy) is 1. The molecule has 51 heavy (non-hydrogen) atoms. The fraction of sp³-hybridized carbons (Fsp3) is 0.325. The molecule has 0 aromatic heterocycles. The maximum atomic E-state index is 14.6. The fourth-order valence-electron chi connectivity index (χ4n) is 7.88. The van der Waals surface area contributed by atoms with Crippen LogP contribution in [0.15, 0.2) is 84.9 Å². The number of hydrogen-bond donors (Lipinski definition) is 4. The van der Waals surface area contributed by atoms with Crippen LogP contribution in [0.1, 0.15) is 65.7 Å². The molecular formula is C40H41Cl2N3O6. The number of carbonyl (C=O) groups excluding carboxylic acids is 1. The van der Waals surface area contributed by atoms with Crippen molar-refractivity contribution in [2.24, 2.45) is 5.41 Å². The number of aliphatic carboxylic acids is 1. The van der Waals surface area contributed by atoms with Crippen LogP contribution in [0.2, 0.25) is 10.0 Å². The van der Waals surface area contributed by atoms with Crippen molar-refractivity contribution in [1.82, 2.24) is 5.32 Å². The summed E-state index contributed by atoms with van der Waals surface area (Å²) in [5.74, 6) is -2.52. The number of fused-ring (bicyclic) bond motifs is 2.